The number of piperidine rings is 1. The van der Waals surface area contributed by atoms with Crippen LogP contribution in [0.3, 0.4) is 0 Å². The normalized spacial score (nSPS) is 16.2. The minimum atomic E-state index is -0.305. The molecule has 1 fully saturated rings. The van der Waals surface area contributed by atoms with E-state index in [2.05, 4.69) is 20.6 Å². The highest BCUT2D eigenvalue weighted by atomic mass is 32.2. The lowest BCUT2D eigenvalue weighted by Crippen LogP contribution is -2.42. The topological polar surface area (TPSA) is 109 Å². The maximum absolute atomic E-state index is 13.0. The molecule has 2 aromatic heterocycles. The highest BCUT2D eigenvalue weighted by molar-refractivity contribution is 7.98. The summed E-state index contributed by atoms with van der Waals surface area (Å²) >= 11 is 2.84. The van der Waals surface area contributed by atoms with Crippen LogP contribution in [0.5, 0.6) is 0 Å². The molecule has 168 valence electrons. The van der Waals surface area contributed by atoms with Crippen molar-refractivity contribution in [2.24, 2.45) is 5.92 Å². The van der Waals surface area contributed by atoms with Gasteiger partial charge in [-0.05, 0) is 37.3 Å². The first kappa shape index (κ1) is 22.3. The molecule has 2 amide bonds. The van der Waals surface area contributed by atoms with Gasteiger partial charge in [0.05, 0.1) is 5.92 Å². The molecule has 1 aliphatic heterocycles. The van der Waals surface area contributed by atoms with Crippen LogP contribution in [0.25, 0.3) is 10.3 Å². The van der Waals surface area contributed by atoms with Gasteiger partial charge in [-0.25, -0.2) is 4.98 Å². The Balaban J connectivity index is 1.51. The molecule has 0 bridgehead atoms. The molecule has 0 aliphatic carbocycles. The van der Waals surface area contributed by atoms with E-state index in [0.717, 1.165) is 24.3 Å². The summed E-state index contributed by atoms with van der Waals surface area (Å²) in [5.41, 5.74) is 0.743. The summed E-state index contributed by atoms with van der Waals surface area (Å²) < 4.78 is 1.70. The van der Waals surface area contributed by atoms with E-state index in [-0.39, 0.29) is 29.8 Å². The lowest BCUT2D eigenvalue weighted by Gasteiger charge is -2.31. The molecule has 0 spiro atoms. The molecule has 11 heteroatoms. The number of thioether (sulfide) groups is 1. The number of anilines is 2. The van der Waals surface area contributed by atoms with Gasteiger partial charge >= 0.3 is 0 Å². The Morgan fingerprint density at radius 2 is 2.19 bits per heavy atom. The monoisotopic (exact) mass is 472 g/mol. The number of hydrogen-bond acceptors (Lipinski definition) is 8. The molecule has 3 aromatic rings. The van der Waals surface area contributed by atoms with E-state index < -0.39 is 0 Å². The lowest BCUT2D eigenvalue weighted by molar-refractivity contribution is -0.124. The van der Waals surface area contributed by atoms with Crippen LogP contribution in [0.4, 0.5) is 10.8 Å². The van der Waals surface area contributed by atoms with Crippen LogP contribution in [-0.2, 0) is 16.1 Å². The molecule has 1 aromatic carbocycles. The van der Waals surface area contributed by atoms with Gasteiger partial charge in [-0.3, -0.25) is 19.0 Å². The minimum absolute atomic E-state index is 0.0189. The van der Waals surface area contributed by atoms with Crippen molar-refractivity contribution in [1.82, 2.24) is 19.9 Å². The third-order valence-corrected chi connectivity index (χ3v) is 7.17. The number of thiazole rings is 1. The zero-order chi connectivity index (χ0) is 22.7. The van der Waals surface area contributed by atoms with Crippen molar-refractivity contribution >= 4 is 56.1 Å². The van der Waals surface area contributed by atoms with Crippen molar-refractivity contribution in [2.75, 3.05) is 36.6 Å². The second-order valence-corrected chi connectivity index (χ2v) is 9.36. The number of benzene rings is 1. The molecule has 32 heavy (non-hydrogen) atoms. The smallest absolute Gasteiger partial charge is 0.273 e. The fourth-order valence-electron chi connectivity index (χ4n) is 3.71. The molecule has 3 heterocycles. The number of carbonyl (C=O) groups is 2. The Kier molecular flexibility index (Phi) is 6.75. The Morgan fingerprint density at radius 3 is 2.97 bits per heavy atom. The van der Waals surface area contributed by atoms with Crippen LogP contribution in [0.2, 0.25) is 0 Å². The molecule has 1 saturated heterocycles. The summed E-state index contributed by atoms with van der Waals surface area (Å²) in [6.07, 6.45) is 5.04. The van der Waals surface area contributed by atoms with E-state index in [4.69, 9.17) is 0 Å². The Bertz CT molecular complexity index is 1210. The van der Waals surface area contributed by atoms with Gasteiger partial charge < -0.3 is 15.5 Å². The number of nitrogens with zero attached hydrogens (tertiary/aromatic N) is 4. The van der Waals surface area contributed by atoms with Gasteiger partial charge in [0.2, 0.25) is 11.8 Å². The number of amides is 2. The summed E-state index contributed by atoms with van der Waals surface area (Å²) in [5.74, 6) is -0.384. The highest BCUT2D eigenvalue weighted by Gasteiger charge is 2.27. The van der Waals surface area contributed by atoms with E-state index in [9.17, 15) is 14.4 Å². The maximum Gasteiger partial charge on any atom is 0.273 e. The Morgan fingerprint density at radius 1 is 1.34 bits per heavy atom. The SMILES string of the molecule is CNC(=O)C1CCCN(c2nc3ncn(CC(=O)Nc4cccc(SC)c4)c(=O)c3s2)C1. The summed E-state index contributed by atoms with van der Waals surface area (Å²) in [6, 6.07) is 7.52. The molecule has 1 atom stereocenters. The van der Waals surface area contributed by atoms with Crippen molar-refractivity contribution in [3.05, 3.63) is 40.9 Å². The zero-order valence-electron chi connectivity index (χ0n) is 17.8. The Hall–Kier alpha value is -2.92. The molecular weight excluding hydrogens is 448 g/mol. The van der Waals surface area contributed by atoms with Crippen LogP contribution in [0.15, 0.2) is 40.3 Å². The van der Waals surface area contributed by atoms with E-state index >= 15 is 0 Å². The number of carbonyl (C=O) groups excluding carboxylic acids is 2. The van der Waals surface area contributed by atoms with Crippen molar-refractivity contribution in [3.63, 3.8) is 0 Å². The summed E-state index contributed by atoms with van der Waals surface area (Å²) in [4.78, 5) is 49.3. The fourth-order valence-corrected chi connectivity index (χ4v) is 5.17. The van der Waals surface area contributed by atoms with Crippen LogP contribution < -0.4 is 21.1 Å². The van der Waals surface area contributed by atoms with Gasteiger partial charge in [-0.15, -0.1) is 11.8 Å². The van der Waals surface area contributed by atoms with Gasteiger partial charge in [-0.2, -0.15) is 4.98 Å². The molecule has 2 N–H and O–H groups in total. The van der Waals surface area contributed by atoms with Crippen molar-refractivity contribution in [1.29, 1.82) is 0 Å². The summed E-state index contributed by atoms with van der Waals surface area (Å²) in [5, 5.41) is 6.20. The highest BCUT2D eigenvalue weighted by Crippen LogP contribution is 2.29. The number of aromatic nitrogens is 3. The standard InChI is InChI=1S/C21H24N6O3S2/c1-22-19(29)13-5-4-8-26(10-13)21-25-18-17(32-21)20(30)27(12-23-18)11-16(28)24-14-6-3-7-15(9-14)31-2/h3,6-7,9,12-13H,4-5,8,10-11H2,1-2H3,(H,22,29)(H,24,28). The second-order valence-electron chi connectivity index (χ2n) is 7.51. The summed E-state index contributed by atoms with van der Waals surface area (Å²) in [6.45, 7) is 1.20. The number of hydrogen-bond donors (Lipinski definition) is 2. The van der Waals surface area contributed by atoms with Crippen molar-refractivity contribution in [3.8, 4) is 0 Å². The molecule has 9 nitrogen and oxygen atoms in total. The molecule has 0 saturated carbocycles. The number of nitrogens with one attached hydrogen (secondary N) is 2. The molecule has 4 rings (SSSR count). The van der Waals surface area contributed by atoms with Crippen molar-refractivity contribution < 1.29 is 9.59 Å². The average Bonchev–Trinajstić information content (AvgIpc) is 3.26. The first-order valence-corrected chi connectivity index (χ1v) is 12.3. The predicted octanol–water partition coefficient (Wildman–Crippen LogP) is 2.18. The molecule has 0 radical (unpaired) electrons. The van der Waals surface area contributed by atoms with Crippen LogP contribution in [0.1, 0.15) is 12.8 Å². The number of rotatable bonds is 6. The third kappa shape index (κ3) is 4.78. The third-order valence-electron chi connectivity index (χ3n) is 5.35. The largest absolute Gasteiger partial charge is 0.359 e. The van der Waals surface area contributed by atoms with E-state index in [1.165, 1.54) is 22.2 Å². The quantitative estimate of drug-likeness (QED) is 0.529. The molecule has 1 aliphatic rings. The van der Waals surface area contributed by atoms with Crippen molar-refractivity contribution in [2.45, 2.75) is 24.3 Å². The predicted molar refractivity (Wildman–Crippen MR) is 128 cm³/mol. The second kappa shape index (κ2) is 9.70. The number of fused-ring (bicyclic) bond motifs is 1. The minimum Gasteiger partial charge on any atom is -0.359 e. The van der Waals surface area contributed by atoms with Crippen LogP contribution in [0, 0.1) is 5.92 Å². The van der Waals surface area contributed by atoms with E-state index in [1.54, 1.807) is 18.8 Å². The van der Waals surface area contributed by atoms with E-state index in [0.29, 0.717) is 27.7 Å². The molecule has 1 unspecified atom stereocenters. The first-order valence-electron chi connectivity index (χ1n) is 10.2. The fraction of sp³-hybridized carbons (Fsp3) is 0.381. The van der Waals surface area contributed by atoms with Gasteiger partial charge in [0.1, 0.15) is 17.6 Å². The average molecular weight is 473 g/mol. The Labute approximate surface area is 193 Å². The van der Waals surface area contributed by atoms with Gasteiger partial charge in [-0.1, -0.05) is 17.4 Å². The van der Waals surface area contributed by atoms with Gasteiger partial charge in [0.25, 0.3) is 5.56 Å². The van der Waals surface area contributed by atoms with Crippen LogP contribution >= 0.6 is 23.1 Å². The first-order chi connectivity index (χ1) is 15.5. The van der Waals surface area contributed by atoms with E-state index in [1.807, 2.05) is 35.4 Å². The molecular formula is C21H24N6O3S2. The lowest BCUT2D eigenvalue weighted by atomic mass is 9.98. The van der Waals surface area contributed by atoms with Crippen LogP contribution in [-0.4, -0.2) is 52.7 Å². The summed E-state index contributed by atoms with van der Waals surface area (Å²) in [7, 11) is 1.64. The van der Waals surface area contributed by atoms with Gasteiger partial charge in [0.15, 0.2) is 10.8 Å². The maximum atomic E-state index is 13.0. The zero-order valence-corrected chi connectivity index (χ0v) is 19.5. The van der Waals surface area contributed by atoms with Gasteiger partial charge in [0, 0.05) is 30.7 Å².